The molecule has 0 spiro atoms. The summed E-state index contributed by atoms with van der Waals surface area (Å²) in [6, 6.07) is 4.13. The molecule has 2 N–H and O–H groups in total. The number of nitrogens with one attached hydrogen (secondary N) is 1. The molecule has 0 saturated heterocycles. The molecule has 20 heavy (non-hydrogen) atoms. The van der Waals surface area contributed by atoms with Crippen molar-refractivity contribution in [3.05, 3.63) is 34.9 Å². The number of aromatic carboxylic acids is 1. The monoisotopic (exact) mass is 277 g/mol. The molecule has 1 atom stereocenters. The van der Waals surface area contributed by atoms with E-state index in [1.165, 1.54) is 12.1 Å². The Bertz CT molecular complexity index is 567. The molecule has 0 radical (unpaired) electrons. The largest absolute Gasteiger partial charge is 0.478 e. The molecule has 1 aliphatic heterocycles. The maximum atomic E-state index is 11.6. The number of amides is 1. The predicted molar refractivity (Wildman–Crippen MR) is 69.2 cm³/mol. The van der Waals surface area contributed by atoms with Gasteiger partial charge < -0.3 is 15.2 Å². The first kappa shape index (κ1) is 14.0. The van der Waals surface area contributed by atoms with E-state index in [2.05, 4.69) is 5.32 Å². The third-order valence-corrected chi connectivity index (χ3v) is 3.13. The maximum absolute atomic E-state index is 11.6. The lowest BCUT2D eigenvalue weighted by molar-refractivity contribution is -0.143. The molecule has 0 aromatic heterocycles. The molecule has 6 heteroatoms. The van der Waals surface area contributed by atoms with Crippen molar-refractivity contribution in [2.24, 2.45) is 0 Å². The minimum atomic E-state index is -1.04. The zero-order valence-electron chi connectivity index (χ0n) is 11.0. The Morgan fingerprint density at radius 3 is 2.85 bits per heavy atom. The van der Waals surface area contributed by atoms with Crippen molar-refractivity contribution < 1.29 is 24.2 Å². The molecule has 1 unspecified atom stereocenters. The first-order valence-electron chi connectivity index (χ1n) is 6.32. The van der Waals surface area contributed by atoms with E-state index in [4.69, 9.17) is 9.84 Å². The molecule has 1 aliphatic rings. The highest BCUT2D eigenvalue weighted by molar-refractivity contribution is 5.89. The molecular weight excluding hydrogens is 262 g/mol. The summed E-state index contributed by atoms with van der Waals surface area (Å²) in [6.45, 7) is 1.99. The Morgan fingerprint density at radius 2 is 2.20 bits per heavy atom. The first-order valence-corrected chi connectivity index (χ1v) is 6.32. The van der Waals surface area contributed by atoms with Crippen molar-refractivity contribution in [3.63, 3.8) is 0 Å². The number of ether oxygens (including phenoxy) is 1. The quantitative estimate of drug-likeness (QED) is 0.802. The van der Waals surface area contributed by atoms with Crippen LogP contribution in [0.1, 0.15) is 40.9 Å². The zero-order chi connectivity index (χ0) is 14.7. The van der Waals surface area contributed by atoms with E-state index in [0.717, 1.165) is 5.56 Å². The number of carboxylic acid groups (broad SMARTS) is 1. The summed E-state index contributed by atoms with van der Waals surface area (Å²) in [5.41, 5.74) is 1.54. The number of hydrogen-bond acceptors (Lipinski definition) is 4. The van der Waals surface area contributed by atoms with Crippen LogP contribution >= 0.6 is 0 Å². The number of carbonyl (C=O) groups is 3. The van der Waals surface area contributed by atoms with Gasteiger partial charge in [-0.3, -0.25) is 9.59 Å². The normalized spacial score (nSPS) is 17.1. The average Bonchev–Trinajstić information content (AvgIpc) is 2.37. The molecule has 0 saturated carbocycles. The van der Waals surface area contributed by atoms with Gasteiger partial charge in [-0.15, -0.1) is 0 Å². The highest BCUT2D eigenvalue weighted by Crippen LogP contribution is 2.27. The van der Waals surface area contributed by atoms with E-state index in [0.29, 0.717) is 5.56 Å². The maximum Gasteiger partial charge on any atom is 0.335 e. The Labute approximate surface area is 115 Å². The number of carbonyl (C=O) groups excluding carboxylic acids is 2. The van der Waals surface area contributed by atoms with Crippen LogP contribution in [0.5, 0.6) is 0 Å². The van der Waals surface area contributed by atoms with Gasteiger partial charge in [-0.1, -0.05) is 6.07 Å². The van der Waals surface area contributed by atoms with Crippen molar-refractivity contribution in [2.45, 2.75) is 25.8 Å². The second-order valence-electron chi connectivity index (χ2n) is 4.52. The van der Waals surface area contributed by atoms with Crippen LogP contribution in [0.25, 0.3) is 0 Å². The number of hydrogen-bond donors (Lipinski definition) is 2. The number of rotatable bonds is 4. The molecule has 2 rings (SSSR count). The summed E-state index contributed by atoms with van der Waals surface area (Å²) >= 11 is 0. The van der Waals surface area contributed by atoms with Crippen LogP contribution in [0.2, 0.25) is 0 Å². The van der Waals surface area contributed by atoms with Crippen LogP contribution in [0.15, 0.2) is 18.2 Å². The minimum absolute atomic E-state index is 0.0407. The van der Waals surface area contributed by atoms with Gasteiger partial charge in [0, 0.05) is 0 Å². The van der Waals surface area contributed by atoms with Crippen LogP contribution < -0.4 is 5.32 Å². The van der Waals surface area contributed by atoms with Crippen LogP contribution in [-0.2, 0) is 20.7 Å². The van der Waals surface area contributed by atoms with Gasteiger partial charge >= 0.3 is 11.9 Å². The molecule has 0 aliphatic carbocycles. The average molecular weight is 277 g/mol. The predicted octanol–water partition coefficient (Wildman–Crippen LogP) is 1.05. The molecule has 106 valence electrons. The molecule has 1 aromatic rings. The number of esters is 1. The fourth-order valence-corrected chi connectivity index (χ4v) is 2.28. The van der Waals surface area contributed by atoms with Gasteiger partial charge in [0.1, 0.15) is 0 Å². The SMILES string of the molecule is CCOC(=O)CC1NC(=O)Cc2cc(C(=O)O)ccc21. The lowest BCUT2D eigenvalue weighted by atomic mass is 9.90. The summed E-state index contributed by atoms with van der Waals surface area (Å²) < 4.78 is 4.87. The lowest BCUT2D eigenvalue weighted by Crippen LogP contribution is -2.36. The molecule has 0 bridgehead atoms. The topological polar surface area (TPSA) is 92.7 Å². The van der Waals surface area contributed by atoms with Crippen LogP contribution in [0, 0.1) is 0 Å². The van der Waals surface area contributed by atoms with Crippen molar-refractivity contribution in [1.29, 1.82) is 0 Å². The molecule has 1 heterocycles. The third kappa shape index (κ3) is 2.96. The smallest absolute Gasteiger partial charge is 0.335 e. The van der Waals surface area contributed by atoms with Crippen LogP contribution in [0.4, 0.5) is 0 Å². The zero-order valence-corrected chi connectivity index (χ0v) is 11.0. The van der Waals surface area contributed by atoms with E-state index < -0.39 is 18.0 Å². The number of fused-ring (bicyclic) bond motifs is 1. The molecule has 6 nitrogen and oxygen atoms in total. The van der Waals surface area contributed by atoms with E-state index >= 15 is 0 Å². The van der Waals surface area contributed by atoms with E-state index in [9.17, 15) is 14.4 Å². The van der Waals surface area contributed by atoms with Crippen LogP contribution in [-0.4, -0.2) is 29.6 Å². The second kappa shape index (κ2) is 5.73. The summed E-state index contributed by atoms with van der Waals surface area (Å²) in [7, 11) is 0. The highest BCUT2D eigenvalue weighted by atomic mass is 16.5. The molecule has 1 amide bonds. The summed E-state index contributed by atoms with van der Waals surface area (Å²) in [4.78, 5) is 34.1. The first-order chi connectivity index (χ1) is 9.51. The number of benzene rings is 1. The Balaban J connectivity index is 2.28. The fourth-order valence-electron chi connectivity index (χ4n) is 2.28. The van der Waals surface area contributed by atoms with E-state index in [1.807, 2.05) is 0 Å². The van der Waals surface area contributed by atoms with Gasteiger partial charge in [0.2, 0.25) is 5.91 Å². The van der Waals surface area contributed by atoms with Gasteiger partial charge in [0.25, 0.3) is 0 Å². The van der Waals surface area contributed by atoms with Gasteiger partial charge in [-0.05, 0) is 30.2 Å². The Hall–Kier alpha value is -2.37. The fraction of sp³-hybridized carbons (Fsp3) is 0.357. The number of carboxylic acids is 1. The summed E-state index contributed by atoms with van der Waals surface area (Å²) in [5.74, 6) is -1.66. The van der Waals surface area contributed by atoms with Crippen molar-refractivity contribution >= 4 is 17.8 Å². The molecular formula is C14H15NO5. The van der Waals surface area contributed by atoms with Gasteiger partial charge in [-0.25, -0.2) is 4.79 Å². The summed E-state index contributed by atoms with van der Waals surface area (Å²) in [5, 5.41) is 11.7. The molecule has 0 fully saturated rings. The van der Waals surface area contributed by atoms with Crippen LogP contribution in [0.3, 0.4) is 0 Å². The Morgan fingerprint density at radius 1 is 1.45 bits per heavy atom. The third-order valence-electron chi connectivity index (χ3n) is 3.13. The van der Waals surface area contributed by atoms with Crippen molar-refractivity contribution in [1.82, 2.24) is 5.32 Å². The highest BCUT2D eigenvalue weighted by Gasteiger charge is 2.27. The minimum Gasteiger partial charge on any atom is -0.478 e. The molecule has 1 aromatic carbocycles. The Kier molecular flexibility index (Phi) is 4.02. The van der Waals surface area contributed by atoms with E-state index in [1.54, 1.807) is 13.0 Å². The van der Waals surface area contributed by atoms with Crippen molar-refractivity contribution in [3.8, 4) is 0 Å². The van der Waals surface area contributed by atoms with Gasteiger partial charge in [0.05, 0.1) is 31.1 Å². The second-order valence-corrected chi connectivity index (χ2v) is 4.52. The standard InChI is InChI=1S/C14H15NO5/c1-2-20-13(17)7-11-10-4-3-8(14(18)19)5-9(10)6-12(16)15-11/h3-5,11H,2,6-7H2,1H3,(H,15,16)(H,18,19). The van der Waals surface area contributed by atoms with Gasteiger partial charge in [-0.2, -0.15) is 0 Å². The van der Waals surface area contributed by atoms with E-state index in [-0.39, 0.29) is 30.9 Å². The van der Waals surface area contributed by atoms with Gasteiger partial charge in [0.15, 0.2) is 0 Å². The lowest BCUT2D eigenvalue weighted by Gasteiger charge is -2.26. The van der Waals surface area contributed by atoms with Crippen molar-refractivity contribution in [2.75, 3.05) is 6.61 Å². The summed E-state index contributed by atoms with van der Waals surface area (Å²) in [6.07, 6.45) is 0.161.